The third-order valence-corrected chi connectivity index (χ3v) is 3.87. The molecule has 2 atom stereocenters. The normalized spacial score (nSPS) is 31.1. The van der Waals surface area contributed by atoms with Gasteiger partial charge >= 0.3 is 0 Å². The molecule has 0 aromatic carbocycles. The number of rotatable bonds is 5. The van der Waals surface area contributed by atoms with E-state index in [2.05, 4.69) is 17.3 Å². The van der Waals surface area contributed by atoms with Crippen LogP contribution in [-0.2, 0) is 4.74 Å². The molecule has 0 saturated carbocycles. The molecule has 0 amide bonds. The van der Waals surface area contributed by atoms with Crippen LogP contribution in [0.5, 0.6) is 0 Å². The molecule has 0 spiro atoms. The first kappa shape index (κ1) is 12.3. The van der Waals surface area contributed by atoms with E-state index in [1.807, 2.05) is 0 Å². The van der Waals surface area contributed by atoms with Gasteiger partial charge in [-0.1, -0.05) is 6.42 Å². The van der Waals surface area contributed by atoms with Gasteiger partial charge < -0.3 is 15.0 Å². The summed E-state index contributed by atoms with van der Waals surface area (Å²) in [5, 5.41) is 3.62. The Balaban J connectivity index is 1.57. The molecule has 94 valence electrons. The number of ether oxygens (including phenoxy) is 1. The van der Waals surface area contributed by atoms with Crippen molar-refractivity contribution >= 4 is 0 Å². The van der Waals surface area contributed by atoms with Gasteiger partial charge in [-0.15, -0.1) is 0 Å². The second-order valence-corrected chi connectivity index (χ2v) is 5.43. The van der Waals surface area contributed by atoms with E-state index in [0.29, 0.717) is 0 Å². The average molecular weight is 226 g/mol. The van der Waals surface area contributed by atoms with Gasteiger partial charge in [-0.25, -0.2) is 0 Å². The monoisotopic (exact) mass is 226 g/mol. The molecule has 2 fully saturated rings. The van der Waals surface area contributed by atoms with Crippen LogP contribution in [0, 0.1) is 5.92 Å². The van der Waals surface area contributed by atoms with Crippen LogP contribution in [0.1, 0.15) is 32.1 Å². The van der Waals surface area contributed by atoms with E-state index in [-0.39, 0.29) is 0 Å². The highest BCUT2D eigenvalue weighted by atomic mass is 16.5. The summed E-state index contributed by atoms with van der Waals surface area (Å²) in [5.74, 6) is 0.782. The van der Waals surface area contributed by atoms with Crippen molar-refractivity contribution in [2.45, 2.75) is 38.1 Å². The lowest BCUT2D eigenvalue weighted by molar-refractivity contribution is 0.172. The van der Waals surface area contributed by atoms with Gasteiger partial charge in [-0.2, -0.15) is 0 Å². The van der Waals surface area contributed by atoms with Crippen LogP contribution in [0.4, 0.5) is 0 Å². The molecule has 2 unspecified atom stereocenters. The predicted octanol–water partition coefficient (Wildman–Crippen LogP) is 1.49. The largest absolute Gasteiger partial charge is 0.381 e. The molecule has 0 aliphatic carbocycles. The molecular formula is C13H26N2O. The van der Waals surface area contributed by atoms with Crippen molar-refractivity contribution in [3.63, 3.8) is 0 Å². The third kappa shape index (κ3) is 4.04. The van der Waals surface area contributed by atoms with Crippen molar-refractivity contribution in [1.29, 1.82) is 0 Å². The maximum atomic E-state index is 5.41. The summed E-state index contributed by atoms with van der Waals surface area (Å²) in [6.07, 6.45) is 6.72. The van der Waals surface area contributed by atoms with Gasteiger partial charge in [-0.05, 0) is 51.7 Å². The Kier molecular flexibility index (Phi) is 5.07. The smallest absolute Gasteiger partial charge is 0.0507 e. The minimum atomic E-state index is 0.774. The molecule has 16 heavy (non-hydrogen) atoms. The first-order chi connectivity index (χ1) is 7.84. The number of hydrogen-bond donors (Lipinski definition) is 1. The Morgan fingerprint density at radius 2 is 2.25 bits per heavy atom. The highest BCUT2D eigenvalue weighted by molar-refractivity contribution is 4.74. The van der Waals surface area contributed by atoms with Crippen molar-refractivity contribution in [2.75, 3.05) is 39.9 Å². The highest BCUT2D eigenvalue weighted by Crippen LogP contribution is 2.14. The first-order valence-corrected chi connectivity index (χ1v) is 6.84. The highest BCUT2D eigenvalue weighted by Gasteiger charge is 2.18. The van der Waals surface area contributed by atoms with Gasteiger partial charge in [0.1, 0.15) is 0 Å². The summed E-state index contributed by atoms with van der Waals surface area (Å²) in [5.41, 5.74) is 0. The van der Waals surface area contributed by atoms with E-state index in [9.17, 15) is 0 Å². The number of nitrogens with one attached hydrogen (secondary N) is 1. The average Bonchev–Trinajstić information content (AvgIpc) is 2.81. The van der Waals surface area contributed by atoms with Crippen LogP contribution >= 0.6 is 0 Å². The number of hydrogen-bond acceptors (Lipinski definition) is 3. The Morgan fingerprint density at radius 1 is 1.31 bits per heavy atom. The zero-order chi connectivity index (χ0) is 11.2. The van der Waals surface area contributed by atoms with Crippen LogP contribution < -0.4 is 5.32 Å². The second kappa shape index (κ2) is 6.58. The topological polar surface area (TPSA) is 24.5 Å². The van der Waals surface area contributed by atoms with Crippen molar-refractivity contribution in [3.05, 3.63) is 0 Å². The van der Waals surface area contributed by atoms with E-state index < -0.39 is 0 Å². The van der Waals surface area contributed by atoms with Crippen LogP contribution in [0.15, 0.2) is 0 Å². The van der Waals surface area contributed by atoms with Crippen LogP contribution in [-0.4, -0.2) is 50.8 Å². The fourth-order valence-corrected chi connectivity index (χ4v) is 2.81. The molecule has 2 aliphatic rings. The third-order valence-electron chi connectivity index (χ3n) is 3.87. The predicted molar refractivity (Wildman–Crippen MR) is 66.7 cm³/mol. The van der Waals surface area contributed by atoms with Gasteiger partial charge in [-0.3, -0.25) is 0 Å². The Bertz CT molecular complexity index is 186. The zero-order valence-electron chi connectivity index (χ0n) is 10.6. The molecule has 0 aromatic rings. The van der Waals surface area contributed by atoms with E-state index in [4.69, 9.17) is 4.74 Å². The lowest BCUT2D eigenvalue weighted by atomic mass is 10.0. The van der Waals surface area contributed by atoms with Crippen LogP contribution in [0.2, 0.25) is 0 Å². The quantitative estimate of drug-likeness (QED) is 0.768. The van der Waals surface area contributed by atoms with E-state index >= 15 is 0 Å². The summed E-state index contributed by atoms with van der Waals surface area (Å²) in [7, 11) is 2.25. The lowest BCUT2D eigenvalue weighted by Gasteiger charge is -2.26. The molecule has 3 nitrogen and oxygen atoms in total. The zero-order valence-corrected chi connectivity index (χ0v) is 10.6. The van der Waals surface area contributed by atoms with Gasteiger partial charge in [0.15, 0.2) is 0 Å². The summed E-state index contributed by atoms with van der Waals surface area (Å²) < 4.78 is 5.41. The van der Waals surface area contributed by atoms with Crippen molar-refractivity contribution in [1.82, 2.24) is 10.2 Å². The molecule has 0 bridgehead atoms. The number of piperidine rings is 1. The van der Waals surface area contributed by atoms with Crippen LogP contribution in [0.25, 0.3) is 0 Å². The Hall–Kier alpha value is -0.120. The molecule has 3 heteroatoms. The first-order valence-electron chi connectivity index (χ1n) is 6.84. The van der Waals surface area contributed by atoms with Crippen molar-refractivity contribution < 1.29 is 4.74 Å². The van der Waals surface area contributed by atoms with Gasteiger partial charge in [0.25, 0.3) is 0 Å². The lowest BCUT2D eigenvalue weighted by Crippen LogP contribution is -2.37. The molecular weight excluding hydrogens is 200 g/mol. The van der Waals surface area contributed by atoms with Gasteiger partial charge in [0, 0.05) is 19.2 Å². The molecule has 2 aliphatic heterocycles. The fourth-order valence-electron chi connectivity index (χ4n) is 2.81. The summed E-state index contributed by atoms with van der Waals surface area (Å²) in [6, 6.07) is 0.774. The molecule has 0 radical (unpaired) electrons. The maximum absolute atomic E-state index is 5.41. The molecule has 2 rings (SSSR count). The van der Waals surface area contributed by atoms with Crippen molar-refractivity contribution in [2.24, 2.45) is 5.92 Å². The van der Waals surface area contributed by atoms with E-state index in [0.717, 1.165) is 25.2 Å². The minimum Gasteiger partial charge on any atom is -0.381 e. The van der Waals surface area contributed by atoms with Crippen LogP contribution in [0.3, 0.4) is 0 Å². The minimum absolute atomic E-state index is 0.774. The molecule has 2 saturated heterocycles. The standard InChI is InChI=1S/C13H26N2O/c1-15(10-12-6-9-16-11-12)8-5-13-4-2-3-7-14-13/h12-14H,2-11H2,1H3. The summed E-state index contributed by atoms with van der Waals surface area (Å²) >= 11 is 0. The van der Waals surface area contributed by atoms with E-state index in [1.165, 1.54) is 51.7 Å². The summed E-state index contributed by atoms with van der Waals surface area (Å²) in [4.78, 5) is 2.48. The fraction of sp³-hybridized carbons (Fsp3) is 1.00. The molecule has 1 N–H and O–H groups in total. The SMILES string of the molecule is CN(CCC1CCCCN1)CC1CCOC1. The Morgan fingerprint density at radius 3 is 2.94 bits per heavy atom. The van der Waals surface area contributed by atoms with E-state index in [1.54, 1.807) is 0 Å². The molecule has 2 heterocycles. The maximum Gasteiger partial charge on any atom is 0.0507 e. The number of nitrogens with zero attached hydrogens (tertiary/aromatic N) is 1. The van der Waals surface area contributed by atoms with Crippen molar-refractivity contribution in [3.8, 4) is 0 Å². The summed E-state index contributed by atoms with van der Waals surface area (Å²) in [6.45, 7) is 5.63. The molecule has 0 aromatic heterocycles. The van der Waals surface area contributed by atoms with Gasteiger partial charge in [0.05, 0.1) is 6.61 Å². The van der Waals surface area contributed by atoms with Gasteiger partial charge in [0.2, 0.25) is 0 Å². The Labute approximate surface area is 99.5 Å². The second-order valence-electron chi connectivity index (χ2n) is 5.43.